The highest BCUT2D eigenvalue weighted by molar-refractivity contribution is 6.18. The molecule has 25 heavy (non-hydrogen) atoms. The molecule has 0 saturated heterocycles. The molecule has 0 radical (unpaired) electrons. The van der Waals surface area contributed by atoms with E-state index in [1.165, 1.54) is 0 Å². The van der Waals surface area contributed by atoms with Gasteiger partial charge in [0.25, 0.3) is 0 Å². The Morgan fingerprint density at radius 2 is 1.08 bits per heavy atom. The van der Waals surface area contributed by atoms with Crippen LogP contribution in [0.2, 0.25) is 0 Å². The van der Waals surface area contributed by atoms with Gasteiger partial charge in [-0.05, 0) is 16.7 Å². The molecule has 0 amide bonds. The molecular weight excluding hydrogens is 332 g/mol. The average molecular weight is 353 g/mol. The monoisotopic (exact) mass is 352 g/mol. The van der Waals surface area contributed by atoms with E-state index < -0.39 is 11.7 Å². The number of rotatable bonds is 7. The number of ether oxygens (including phenoxy) is 1. The van der Waals surface area contributed by atoms with Crippen molar-refractivity contribution in [3.8, 4) is 0 Å². The number of hydrogen-bond donors (Lipinski definition) is 1. The van der Waals surface area contributed by atoms with Gasteiger partial charge < -0.3 is 9.84 Å². The van der Waals surface area contributed by atoms with E-state index >= 15 is 0 Å². The van der Waals surface area contributed by atoms with Gasteiger partial charge in [0.05, 0.1) is 18.6 Å². The zero-order valence-electron chi connectivity index (χ0n) is 13.9. The lowest BCUT2D eigenvalue weighted by molar-refractivity contribution is -0.0315. The first-order valence-electron chi connectivity index (χ1n) is 8.32. The van der Waals surface area contributed by atoms with Crippen LogP contribution in [0.15, 0.2) is 91.0 Å². The summed E-state index contributed by atoms with van der Waals surface area (Å²) in [5.41, 5.74) is 2.22. The SMILES string of the molecule is OC(CCl)COC(c1ccccc1)(c1ccccc1)c1ccccc1. The Kier molecular flexibility index (Phi) is 5.87. The van der Waals surface area contributed by atoms with Gasteiger partial charge >= 0.3 is 0 Å². The first-order chi connectivity index (χ1) is 12.3. The topological polar surface area (TPSA) is 29.5 Å². The van der Waals surface area contributed by atoms with Crippen LogP contribution in [0, 0.1) is 0 Å². The van der Waals surface area contributed by atoms with Gasteiger partial charge in [0, 0.05) is 0 Å². The van der Waals surface area contributed by atoms with Gasteiger partial charge in [0.15, 0.2) is 0 Å². The largest absolute Gasteiger partial charge is 0.389 e. The number of aliphatic hydroxyl groups is 1. The highest BCUT2D eigenvalue weighted by Gasteiger charge is 2.37. The minimum absolute atomic E-state index is 0.133. The zero-order chi connectivity index (χ0) is 17.5. The van der Waals surface area contributed by atoms with Crippen LogP contribution in [-0.4, -0.2) is 23.7 Å². The maximum absolute atomic E-state index is 10.0. The summed E-state index contributed by atoms with van der Waals surface area (Å²) in [5.74, 6) is 0.133. The van der Waals surface area contributed by atoms with Crippen LogP contribution in [0.1, 0.15) is 16.7 Å². The first kappa shape index (κ1) is 17.7. The summed E-state index contributed by atoms with van der Waals surface area (Å²) in [5, 5.41) is 10.0. The van der Waals surface area contributed by atoms with Gasteiger partial charge in [-0.15, -0.1) is 11.6 Å². The summed E-state index contributed by atoms with van der Waals surface area (Å²) in [6.07, 6.45) is -0.725. The van der Waals surface area contributed by atoms with Gasteiger partial charge in [-0.1, -0.05) is 91.0 Å². The van der Waals surface area contributed by atoms with Crippen LogP contribution in [0.25, 0.3) is 0 Å². The van der Waals surface area contributed by atoms with Crippen LogP contribution in [-0.2, 0) is 10.3 Å². The molecule has 1 atom stereocenters. The Bertz CT molecular complexity index is 663. The lowest BCUT2D eigenvalue weighted by Gasteiger charge is -2.36. The maximum atomic E-state index is 10.0. The van der Waals surface area contributed by atoms with Crippen LogP contribution in [0.4, 0.5) is 0 Å². The van der Waals surface area contributed by atoms with Crippen molar-refractivity contribution >= 4 is 11.6 Å². The second kappa shape index (κ2) is 8.30. The number of alkyl halides is 1. The number of benzene rings is 3. The Morgan fingerprint density at radius 1 is 0.720 bits per heavy atom. The molecule has 128 valence electrons. The fraction of sp³-hybridized carbons (Fsp3) is 0.182. The van der Waals surface area contributed by atoms with Gasteiger partial charge in [-0.3, -0.25) is 0 Å². The fourth-order valence-corrected chi connectivity index (χ4v) is 3.12. The molecule has 3 rings (SSSR count). The molecule has 3 heteroatoms. The van der Waals surface area contributed by atoms with E-state index in [0.29, 0.717) is 0 Å². The smallest absolute Gasteiger partial charge is 0.143 e. The third-order valence-electron chi connectivity index (χ3n) is 4.21. The van der Waals surface area contributed by atoms with Crippen molar-refractivity contribution in [1.29, 1.82) is 0 Å². The maximum Gasteiger partial charge on any atom is 0.143 e. The molecule has 0 saturated carbocycles. The molecule has 0 heterocycles. The van der Waals surface area contributed by atoms with E-state index in [4.69, 9.17) is 16.3 Å². The molecule has 0 bridgehead atoms. The Balaban J connectivity index is 2.20. The van der Waals surface area contributed by atoms with Crippen LogP contribution in [0.5, 0.6) is 0 Å². The quantitative estimate of drug-likeness (QED) is 0.497. The Labute approximate surface area is 153 Å². The molecule has 0 aliphatic rings. The molecular formula is C22H21ClO2. The van der Waals surface area contributed by atoms with E-state index in [1.807, 2.05) is 91.0 Å². The van der Waals surface area contributed by atoms with Crippen LogP contribution in [0.3, 0.4) is 0 Å². The third-order valence-corrected chi connectivity index (χ3v) is 4.57. The molecule has 0 aliphatic heterocycles. The van der Waals surface area contributed by atoms with Gasteiger partial charge in [-0.25, -0.2) is 0 Å². The average Bonchev–Trinajstić information content (AvgIpc) is 2.71. The minimum Gasteiger partial charge on any atom is -0.389 e. The van der Waals surface area contributed by atoms with Crippen molar-refractivity contribution in [1.82, 2.24) is 0 Å². The van der Waals surface area contributed by atoms with E-state index in [-0.39, 0.29) is 12.5 Å². The van der Waals surface area contributed by atoms with Crippen LogP contribution < -0.4 is 0 Å². The molecule has 0 aromatic heterocycles. The zero-order valence-corrected chi connectivity index (χ0v) is 14.6. The van der Waals surface area contributed by atoms with E-state index in [9.17, 15) is 5.11 Å². The second-order valence-electron chi connectivity index (χ2n) is 5.90. The summed E-state index contributed by atoms with van der Waals surface area (Å²) >= 11 is 5.79. The second-order valence-corrected chi connectivity index (χ2v) is 6.21. The normalized spacial score (nSPS) is 12.7. The molecule has 0 fully saturated rings. The molecule has 3 aromatic rings. The van der Waals surface area contributed by atoms with Crippen molar-refractivity contribution < 1.29 is 9.84 Å². The molecule has 1 unspecified atom stereocenters. The summed E-state index contributed by atoms with van der Waals surface area (Å²) < 4.78 is 6.41. The highest BCUT2D eigenvalue weighted by Crippen LogP contribution is 2.40. The predicted molar refractivity (Wildman–Crippen MR) is 102 cm³/mol. The number of aliphatic hydroxyl groups excluding tert-OH is 1. The van der Waals surface area contributed by atoms with Crippen molar-refractivity contribution in [2.24, 2.45) is 0 Å². The summed E-state index contributed by atoms with van der Waals surface area (Å²) in [6.45, 7) is 0.141. The summed E-state index contributed by atoms with van der Waals surface area (Å²) in [4.78, 5) is 0. The molecule has 3 aromatic carbocycles. The summed E-state index contributed by atoms with van der Waals surface area (Å²) in [7, 11) is 0. The van der Waals surface area contributed by atoms with Crippen molar-refractivity contribution in [3.05, 3.63) is 108 Å². The van der Waals surface area contributed by atoms with Crippen molar-refractivity contribution in [2.45, 2.75) is 11.7 Å². The first-order valence-corrected chi connectivity index (χ1v) is 8.85. The molecule has 0 spiro atoms. The lowest BCUT2D eigenvalue weighted by atomic mass is 9.80. The number of halogens is 1. The fourth-order valence-electron chi connectivity index (χ4n) is 3.03. The van der Waals surface area contributed by atoms with E-state index in [0.717, 1.165) is 16.7 Å². The molecule has 0 aliphatic carbocycles. The van der Waals surface area contributed by atoms with Gasteiger partial charge in [0.2, 0.25) is 0 Å². The third kappa shape index (κ3) is 3.77. The summed E-state index contributed by atoms with van der Waals surface area (Å²) in [6, 6.07) is 30.2. The Morgan fingerprint density at radius 3 is 1.40 bits per heavy atom. The standard InChI is InChI=1S/C22H21ClO2/c23-16-21(24)17-25-22(18-10-4-1-5-11-18,19-12-6-2-7-13-19)20-14-8-3-9-15-20/h1-15,21,24H,16-17H2. The van der Waals surface area contributed by atoms with Crippen LogP contribution >= 0.6 is 11.6 Å². The predicted octanol–water partition coefficient (Wildman–Crippen LogP) is 4.59. The van der Waals surface area contributed by atoms with E-state index in [1.54, 1.807) is 0 Å². The van der Waals surface area contributed by atoms with Gasteiger partial charge in [0.1, 0.15) is 5.60 Å². The van der Waals surface area contributed by atoms with Crippen molar-refractivity contribution in [2.75, 3.05) is 12.5 Å². The highest BCUT2D eigenvalue weighted by atomic mass is 35.5. The lowest BCUT2D eigenvalue weighted by Crippen LogP contribution is -2.36. The molecule has 2 nitrogen and oxygen atoms in total. The Hall–Kier alpha value is -2.13. The van der Waals surface area contributed by atoms with E-state index in [2.05, 4.69) is 0 Å². The van der Waals surface area contributed by atoms with Gasteiger partial charge in [-0.2, -0.15) is 0 Å². The molecule has 1 N–H and O–H groups in total. The minimum atomic E-state index is -0.809. The van der Waals surface area contributed by atoms with Crippen molar-refractivity contribution in [3.63, 3.8) is 0 Å². The number of hydrogen-bond acceptors (Lipinski definition) is 2.